The zero-order valence-corrected chi connectivity index (χ0v) is 17.9. The average molecular weight is 414 g/mol. The van der Waals surface area contributed by atoms with Crippen molar-refractivity contribution in [3.05, 3.63) is 46.8 Å². The van der Waals surface area contributed by atoms with Gasteiger partial charge in [-0.3, -0.25) is 4.79 Å². The molecule has 156 valence electrons. The maximum Gasteiger partial charge on any atom is 0.223 e. The highest BCUT2D eigenvalue weighted by Crippen LogP contribution is 2.14. The third-order valence-electron chi connectivity index (χ3n) is 5.97. The van der Waals surface area contributed by atoms with Crippen LogP contribution in [0.5, 0.6) is 0 Å². The van der Waals surface area contributed by atoms with Crippen molar-refractivity contribution in [1.82, 2.24) is 19.7 Å². The first-order valence-electron chi connectivity index (χ1n) is 10.7. The smallest absolute Gasteiger partial charge is 0.223 e. The molecular weight excluding hydrogens is 382 g/mol. The van der Waals surface area contributed by atoms with Crippen LogP contribution in [-0.4, -0.2) is 91.0 Å². The second-order valence-corrected chi connectivity index (χ2v) is 8.85. The number of pyridine rings is 1. The quantitative estimate of drug-likeness (QED) is 0.695. The Morgan fingerprint density at radius 3 is 2.31 bits per heavy atom. The number of hydrogen-bond donors (Lipinski definition) is 0. The van der Waals surface area contributed by atoms with Gasteiger partial charge in [0.1, 0.15) is 5.82 Å². The summed E-state index contributed by atoms with van der Waals surface area (Å²) in [5.74, 6) is 1.31. The fourth-order valence-electron chi connectivity index (χ4n) is 4.10. The number of anilines is 1. The highest BCUT2D eigenvalue weighted by molar-refractivity contribution is 7.09. The summed E-state index contributed by atoms with van der Waals surface area (Å²) >= 11 is 1.85. The minimum Gasteiger partial charge on any atom is -0.353 e. The third kappa shape index (κ3) is 5.78. The van der Waals surface area contributed by atoms with Crippen molar-refractivity contribution in [2.24, 2.45) is 0 Å². The molecule has 4 rings (SSSR count). The summed E-state index contributed by atoms with van der Waals surface area (Å²) in [5.41, 5.74) is 0. The minimum atomic E-state index is 0.297. The number of rotatable bonds is 7. The molecule has 2 aliphatic heterocycles. The molecule has 0 bridgehead atoms. The minimum absolute atomic E-state index is 0.297. The summed E-state index contributed by atoms with van der Waals surface area (Å²) in [6.07, 6.45) is 3.62. The van der Waals surface area contributed by atoms with E-state index in [-0.39, 0.29) is 0 Å². The van der Waals surface area contributed by atoms with Crippen LogP contribution >= 0.6 is 11.3 Å². The number of piperazine rings is 2. The van der Waals surface area contributed by atoms with Crippen LogP contribution in [0.4, 0.5) is 5.82 Å². The summed E-state index contributed by atoms with van der Waals surface area (Å²) in [6.45, 7) is 9.74. The number of thiophene rings is 1. The lowest BCUT2D eigenvalue weighted by atomic mass is 10.2. The predicted octanol–water partition coefficient (Wildman–Crippen LogP) is 2.04. The van der Waals surface area contributed by atoms with Crippen LogP contribution in [0.25, 0.3) is 0 Å². The van der Waals surface area contributed by atoms with E-state index in [0.29, 0.717) is 12.3 Å². The standard InChI is InChI=1S/C22H31N5OS/c28-22(27-17-15-26(16-18-27)21-5-1-2-8-23-21)7-10-25-13-11-24(12-14-25)9-6-20-4-3-19-29-20/h1-5,8,19H,6-7,9-18H2. The molecule has 0 radical (unpaired) electrons. The van der Waals surface area contributed by atoms with Gasteiger partial charge in [-0.15, -0.1) is 11.3 Å². The number of aromatic nitrogens is 1. The van der Waals surface area contributed by atoms with Gasteiger partial charge >= 0.3 is 0 Å². The monoisotopic (exact) mass is 413 g/mol. The van der Waals surface area contributed by atoms with Crippen molar-refractivity contribution in [1.29, 1.82) is 0 Å². The lowest BCUT2D eigenvalue weighted by molar-refractivity contribution is -0.131. The third-order valence-corrected chi connectivity index (χ3v) is 6.90. The highest BCUT2D eigenvalue weighted by Gasteiger charge is 2.23. The van der Waals surface area contributed by atoms with Crippen LogP contribution in [0, 0.1) is 0 Å². The fraction of sp³-hybridized carbons (Fsp3) is 0.545. The van der Waals surface area contributed by atoms with Crippen molar-refractivity contribution < 1.29 is 4.79 Å². The van der Waals surface area contributed by atoms with Crippen LogP contribution in [0.1, 0.15) is 11.3 Å². The Balaban J connectivity index is 1.12. The maximum atomic E-state index is 12.6. The SMILES string of the molecule is O=C(CCN1CCN(CCc2cccs2)CC1)N1CCN(c2ccccn2)CC1. The van der Waals surface area contributed by atoms with E-state index in [2.05, 4.69) is 37.2 Å². The molecule has 2 aromatic rings. The first-order chi connectivity index (χ1) is 14.3. The number of nitrogens with zero attached hydrogens (tertiary/aromatic N) is 5. The van der Waals surface area contributed by atoms with Crippen molar-refractivity contribution in [2.75, 3.05) is 70.3 Å². The van der Waals surface area contributed by atoms with Crippen molar-refractivity contribution in [2.45, 2.75) is 12.8 Å². The van der Waals surface area contributed by atoms with Gasteiger partial charge in [-0.2, -0.15) is 0 Å². The molecule has 2 saturated heterocycles. The molecule has 0 saturated carbocycles. The summed E-state index contributed by atoms with van der Waals surface area (Å²) < 4.78 is 0. The molecule has 2 aliphatic rings. The Kier molecular flexibility index (Phi) is 7.14. The van der Waals surface area contributed by atoms with Crippen molar-refractivity contribution in [3.8, 4) is 0 Å². The maximum absolute atomic E-state index is 12.6. The highest BCUT2D eigenvalue weighted by atomic mass is 32.1. The van der Waals surface area contributed by atoms with Crippen LogP contribution in [0.2, 0.25) is 0 Å². The first kappa shape index (κ1) is 20.3. The van der Waals surface area contributed by atoms with E-state index >= 15 is 0 Å². The second-order valence-electron chi connectivity index (χ2n) is 7.82. The van der Waals surface area contributed by atoms with Crippen molar-refractivity contribution in [3.63, 3.8) is 0 Å². The van der Waals surface area contributed by atoms with Crippen LogP contribution in [-0.2, 0) is 11.2 Å². The Morgan fingerprint density at radius 2 is 1.66 bits per heavy atom. The first-order valence-corrected chi connectivity index (χ1v) is 11.6. The largest absolute Gasteiger partial charge is 0.353 e. The molecule has 0 N–H and O–H groups in total. The predicted molar refractivity (Wildman–Crippen MR) is 119 cm³/mol. The number of carbonyl (C=O) groups is 1. The molecule has 4 heterocycles. The molecule has 7 heteroatoms. The molecule has 2 fully saturated rings. The molecule has 0 aliphatic carbocycles. The van der Waals surface area contributed by atoms with Gasteiger partial charge in [-0.1, -0.05) is 12.1 Å². The average Bonchev–Trinajstić information content (AvgIpc) is 3.31. The molecule has 2 aromatic heterocycles. The van der Waals surface area contributed by atoms with E-state index in [1.807, 2.05) is 40.6 Å². The van der Waals surface area contributed by atoms with E-state index in [1.165, 1.54) is 4.88 Å². The summed E-state index contributed by atoms with van der Waals surface area (Å²) in [7, 11) is 0. The van der Waals surface area contributed by atoms with Gasteiger partial charge in [0, 0.05) is 82.9 Å². The molecule has 29 heavy (non-hydrogen) atoms. The summed E-state index contributed by atoms with van der Waals surface area (Å²) in [6, 6.07) is 10.3. The molecule has 0 aromatic carbocycles. The van der Waals surface area contributed by atoms with Crippen LogP contribution < -0.4 is 4.90 Å². The van der Waals surface area contributed by atoms with E-state index in [9.17, 15) is 4.79 Å². The Labute approximate surface area is 177 Å². The Bertz CT molecular complexity index is 738. The number of hydrogen-bond acceptors (Lipinski definition) is 6. The summed E-state index contributed by atoms with van der Waals surface area (Å²) in [4.78, 5) is 27.8. The lowest BCUT2D eigenvalue weighted by Crippen LogP contribution is -2.50. The fourth-order valence-corrected chi connectivity index (χ4v) is 4.80. The van der Waals surface area contributed by atoms with Crippen molar-refractivity contribution >= 4 is 23.1 Å². The van der Waals surface area contributed by atoms with E-state index in [1.54, 1.807) is 0 Å². The normalized spacial score (nSPS) is 18.9. The lowest BCUT2D eigenvalue weighted by Gasteiger charge is -2.37. The molecule has 0 atom stereocenters. The van der Waals surface area contributed by atoms with E-state index < -0.39 is 0 Å². The van der Waals surface area contributed by atoms with Gasteiger partial charge in [0.05, 0.1) is 0 Å². The molecule has 0 spiro atoms. The number of amides is 1. The van der Waals surface area contributed by atoms with Gasteiger partial charge < -0.3 is 19.6 Å². The molecular formula is C22H31N5OS. The number of carbonyl (C=O) groups excluding carboxylic acids is 1. The van der Waals surface area contributed by atoms with E-state index in [0.717, 1.165) is 77.7 Å². The summed E-state index contributed by atoms with van der Waals surface area (Å²) in [5, 5.41) is 2.16. The molecule has 6 nitrogen and oxygen atoms in total. The van der Waals surface area contributed by atoms with Gasteiger partial charge in [0.15, 0.2) is 0 Å². The van der Waals surface area contributed by atoms with E-state index in [4.69, 9.17) is 0 Å². The Morgan fingerprint density at radius 1 is 0.897 bits per heavy atom. The van der Waals surface area contributed by atoms with Crippen LogP contribution in [0.15, 0.2) is 41.9 Å². The van der Waals surface area contributed by atoms with Gasteiger partial charge in [0.25, 0.3) is 0 Å². The second kappa shape index (κ2) is 10.2. The molecule has 0 unspecified atom stereocenters. The van der Waals surface area contributed by atoms with Gasteiger partial charge in [0.2, 0.25) is 5.91 Å². The Hall–Kier alpha value is -1.96. The zero-order valence-electron chi connectivity index (χ0n) is 17.1. The zero-order chi connectivity index (χ0) is 19.9. The molecule has 1 amide bonds. The topological polar surface area (TPSA) is 42.9 Å². The van der Waals surface area contributed by atoms with Crippen LogP contribution in [0.3, 0.4) is 0 Å². The van der Waals surface area contributed by atoms with Gasteiger partial charge in [-0.05, 0) is 30.0 Å². The van der Waals surface area contributed by atoms with Gasteiger partial charge in [-0.25, -0.2) is 4.98 Å².